The highest BCUT2D eigenvalue weighted by molar-refractivity contribution is 9.10. The van der Waals surface area contributed by atoms with Crippen LogP contribution in [-0.2, 0) is 0 Å². The molecule has 0 aliphatic carbocycles. The molecule has 1 rings (SSSR count). The zero-order valence-corrected chi connectivity index (χ0v) is 9.59. The smallest absolute Gasteiger partial charge is 0.177 e. The average Bonchev–Trinajstić information content (AvgIpc) is 2.14. The molecule has 6 heteroatoms. The van der Waals surface area contributed by atoms with Crippen LogP contribution in [0.15, 0.2) is 33.9 Å². The molecule has 0 aliphatic rings. The predicted octanol–water partition coefficient (Wildman–Crippen LogP) is 2.00. The van der Waals surface area contributed by atoms with Gasteiger partial charge in [-0.2, -0.15) is 0 Å². The number of ether oxygens (including phenoxy) is 1. The van der Waals surface area contributed by atoms with E-state index in [0.717, 1.165) is 4.47 Å². The molecule has 0 atom stereocenters. The summed E-state index contributed by atoms with van der Waals surface area (Å²) in [5, 5.41) is 11.0. The molecule has 4 nitrogen and oxygen atoms in total. The Kier molecular flexibility index (Phi) is 6.07. The number of nitrogens with two attached hydrogens (primary N) is 1. The molecule has 0 unspecified atom stereocenters. The highest BCUT2D eigenvalue weighted by Crippen LogP contribution is 2.17. The Hall–Kier alpha value is -0.940. The maximum atomic E-state index is 8.24. The first-order chi connectivity index (χ1) is 6.22. The van der Waals surface area contributed by atoms with E-state index in [0.29, 0.717) is 5.75 Å². The third kappa shape index (κ3) is 4.34. The Balaban J connectivity index is 0.00000169. The highest BCUT2D eigenvalue weighted by atomic mass is 79.9. The van der Waals surface area contributed by atoms with Crippen LogP contribution in [-0.4, -0.2) is 17.6 Å². The van der Waals surface area contributed by atoms with Crippen LogP contribution in [0, 0.1) is 0 Å². The maximum Gasteiger partial charge on any atom is 0.177 e. The van der Waals surface area contributed by atoms with Crippen molar-refractivity contribution in [2.45, 2.75) is 0 Å². The number of halogens is 2. The Labute approximate surface area is 96.3 Å². The summed E-state index contributed by atoms with van der Waals surface area (Å²) in [7, 11) is 0. The SMILES string of the molecule is Cl.N/C(COc1cccc(Br)c1)=N\O. The number of benzene rings is 1. The van der Waals surface area contributed by atoms with Crippen molar-refractivity contribution in [2.24, 2.45) is 10.9 Å². The number of rotatable bonds is 3. The van der Waals surface area contributed by atoms with Gasteiger partial charge in [-0.15, -0.1) is 12.4 Å². The second-order valence-electron chi connectivity index (χ2n) is 2.34. The Morgan fingerprint density at radius 1 is 1.57 bits per heavy atom. The molecule has 14 heavy (non-hydrogen) atoms. The minimum Gasteiger partial charge on any atom is -0.486 e. The average molecular weight is 282 g/mol. The van der Waals surface area contributed by atoms with Crippen LogP contribution in [0.4, 0.5) is 0 Å². The van der Waals surface area contributed by atoms with E-state index >= 15 is 0 Å². The van der Waals surface area contributed by atoms with Gasteiger partial charge in [0.15, 0.2) is 5.84 Å². The normalized spacial score (nSPS) is 10.5. The molecule has 0 aromatic heterocycles. The number of hydrogen-bond acceptors (Lipinski definition) is 3. The lowest BCUT2D eigenvalue weighted by Gasteiger charge is -2.04. The molecule has 0 radical (unpaired) electrons. The first-order valence-corrected chi connectivity index (χ1v) is 4.36. The van der Waals surface area contributed by atoms with Crippen LogP contribution in [0.1, 0.15) is 0 Å². The number of nitrogens with zero attached hydrogens (tertiary/aromatic N) is 1. The molecule has 1 aromatic rings. The lowest BCUT2D eigenvalue weighted by atomic mass is 10.3. The van der Waals surface area contributed by atoms with Crippen LogP contribution in [0.2, 0.25) is 0 Å². The standard InChI is InChI=1S/C8H9BrN2O2.ClH/c9-6-2-1-3-7(4-6)13-5-8(10)11-12;/h1-4,12H,5H2,(H2,10,11);1H. The summed E-state index contributed by atoms with van der Waals surface area (Å²) >= 11 is 3.30. The Morgan fingerprint density at radius 2 is 2.29 bits per heavy atom. The summed E-state index contributed by atoms with van der Waals surface area (Å²) in [6.07, 6.45) is 0. The topological polar surface area (TPSA) is 67.8 Å². The molecule has 78 valence electrons. The monoisotopic (exact) mass is 280 g/mol. The van der Waals surface area contributed by atoms with Gasteiger partial charge in [0, 0.05) is 4.47 Å². The van der Waals surface area contributed by atoms with E-state index < -0.39 is 0 Å². The van der Waals surface area contributed by atoms with Crippen molar-refractivity contribution in [1.29, 1.82) is 0 Å². The van der Waals surface area contributed by atoms with Gasteiger partial charge in [0.25, 0.3) is 0 Å². The third-order valence-electron chi connectivity index (χ3n) is 1.31. The van der Waals surface area contributed by atoms with Crippen LogP contribution < -0.4 is 10.5 Å². The predicted molar refractivity (Wildman–Crippen MR) is 60.3 cm³/mol. The minimum atomic E-state index is 0. The molecule has 0 fully saturated rings. The number of hydrogen-bond donors (Lipinski definition) is 2. The lowest BCUT2D eigenvalue weighted by molar-refractivity contribution is 0.306. The summed E-state index contributed by atoms with van der Waals surface area (Å²) in [5.74, 6) is 0.709. The van der Waals surface area contributed by atoms with Crippen LogP contribution in [0.25, 0.3) is 0 Å². The lowest BCUT2D eigenvalue weighted by Crippen LogP contribution is -2.20. The van der Waals surface area contributed by atoms with Gasteiger partial charge in [-0.3, -0.25) is 0 Å². The highest BCUT2D eigenvalue weighted by Gasteiger charge is 1.96. The molecule has 0 heterocycles. The molecule has 0 bridgehead atoms. The van der Waals surface area contributed by atoms with Crippen molar-refractivity contribution >= 4 is 34.2 Å². The fourth-order valence-electron chi connectivity index (χ4n) is 0.743. The van der Waals surface area contributed by atoms with Gasteiger partial charge in [0.2, 0.25) is 0 Å². The van der Waals surface area contributed by atoms with Crippen molar-refractivity contribution in [1.82, 2.24) is 0 Å². The van der Waals surface area contributed by atoms with Gasteiger partial charge in [-0.05, 0) is 18.2 Å². The van der Waals surface area contributed by atoms with Crippen molar-refractivity contribution in [2.75, 3.05) is 6.61 Å². The fraction of sp³-hybridized carbons (Fsp3) is 0.125. The van der Waals surface area contributed by atoms with Crippen LogP contribution in [0.3, 0.4) is 0 Å². The molecule has 1 aromatic carbocycles. The van der Waals surface area contributed by atoms with Crippen molar-refractivity contribution in [3.8, 4) is 5.75 Å². The maximum absolute atomic E-state index is 8.24. The Bertz CT molecular complexity index is 320. The van der Waals surface area contributed by atoms with Gasteiger partial charge < -0.3 is 15.7 Å². The van der Waals surface area contributed by atoms with Crippen LogP contribution >= 0.6 is 28.3 Å². The summed E-state index contributed by atoms with van der Waals surface area (Å²) in [6.45, 7) is 0.0763. The molecular weight excluding hydrogens is 271 g/mol. The van der Waals surface area contributed by atoms with Gasteiger partial charge in [0.1, 0.15) is 12.4 Å². The first-order valence-electron chi connectivity index (χ1n) is 3.57. The molecular formula is C8H10BrClN2O2. The largest absolute Gasteiger partial charge is 0.486 e. The summed E-state index contributed by atoms with van der Waals surface area (Å²) in [6, 6.07) is 7.31. The zero-order chi connectivity index (χ0) is 9.68. The third-order valence-corrected chi connectivity index (χ3v) is 1.80. The van der Waals surface area contributed by atoms with E-state index in [-0.39, 0.29) is 24.8 Å². The van der Waals surface area contributed by atoms with Crippen molar-refractivity contribution < 1.29 is 9.94 Å². The quantitative estimate of drug-likeness (QED) is 0.385. The first kappa shape index (κ1) is 13.1. The van der Waals surface area contributed by atoms with E-state index in [1.165, 1.54) is 0 Å². The second kappa shape index (κ2) is 6.50. The van der Waals surface area contributed by atoms with Crippen molar-refractivity contribution in [3.05, 3.63) is 28.7 Å². The summed E-state index contributed by atoms with van der Waals surface area (Å²) in [4.78, 5) is 0. The number of amidine groups is 1. The number of oxime groups is 1. The summed E-state index contributed by atoms with van der Waals surface area (Å²) < 4.78 is 6.11. The molecule has 0 saturated heterocycles. The van der Waals surface area contributed by atoms with E-state index in [1.807, 2.05) is 12.1 Å². The fourth-order valence-corrected chi connectivity index (χ4v) is 1.12. The molecule has 0 aliphatic heterocycles. The Morgan fingerprint density at radius 3 is 2.86 bits per heavy atom. The van der Waals surface area contributed by atoms with E-state index in [1.54, 1.807) is 12.1 Å². The second-order valence-corrected chi connectivity index (χ2v) is 3.25. The molecule has 0 amide bonds. The van der Waals surface area contributed by atoms with Gasteiger partial charge in [-0.25, -0.2) is 0 Å². The van der Waals surface area contributed by atoms with Crippen LogP contribution in [0.5, 0.6) is 5.75 Å². The molecule has 0 spiro atoms. The minimum absolute atomic E-state index is 0. The summed E-state index contributed by atoms with van der Waals surface area (Å²) in [5.41, 5.74) is 5.22. The van der Waals surface area contributed by atoms with Gasteiger partial charge in [-0.1, -0.05) is 27.2 Å². The molecule has 3 N–H and O–H groups in total. The van der Waals surface area contributed by atoms with E-state index in [2.05, 4.69) is 21.1 Å². The van der Waals surface area contributed by atoms with E-state index in [4.69, 9.17) is 15.7 Å². The van der Waals surface area contributed by atoms with E-state index in [9.17, 15) is 0 Å². The molecule has 0 saturated carbocycles. The van der Waals surface area contributed by atoms with Gasteiger partial charge in [0.05, 0.1) is 0 Å². The van der Waals surface area contributed by atoms with Gasteiger partial charge >= 0.3 is 0 Å². The zero-order valence-electron chi connectivity index (χ0n) is 7.18. The van der Waals surface area contributed by atoms with Crippen molar-refractivity contribution in [3.63, 3.8) is 0 Å².